The molecule has 0 spiro atoms. The number of nitriles is 1. The first kappa shape index (κ1) is 28.5. The van der Waals surface area contributed by atoms with Crippen LogP contribution in [0.1, 0.15) is 65.5 Å². The smallest absolute Gasteiger partial charge is 0.341 e. The normalized spacial score (nSPS) is 11.1. The molecule has 1 amide bonds. The second kappa shape index (κ2) is 13.5. The minimum Gasteiger partial charge on any atom is -0.496 e. The van der Waals surface area contributed by atoms with Gasteiger partial charge < -0.3 is 19.5 Å². The Morgan fingerprint density at radius 1 is 1.11 bits per heavy atom. The van der Waals surface area contributed by atoms with Crippen LogP contribution in [0.4, 0.5) is 5.00 Å². The molecule has 0 radical (unpaired) electrons. The zero-order valence-electron chi connectivity index (χ0n) is 22.3. The van der Waals surface area contributed by atoms with Crippen LogP contribution in [0.15, 0.2) is 54.1 Å². The number of hydrogen-bond acceptors (Lipinski definition) is 7. The van der Waals surface area contributed by atoms with Gasteiger partial charge in [-0.3, -0.25) is 4.79 Å². The number of nitrogens with one attached hydrogen (secondary N) is 1. The minimum atomic E-state index is -0.611. The number of thiophene rings is 1. The Morgan fingerprint density at radius 2 is 1.84 bits per heavy atom. The highest BCUT2D eigenvalue weighted by Crippen LogP contribution is 2.34. The van der Waals surface area contributed by atoms with Crippen molar-refractivity contribution in [1.29, 1.82) is 5.26 Å². The molecule has 0 aliphatic carbocycles. The van der Waals surface area contributed by atoms with Gasteiger partial charge in [0.25, 0.3) is 5.91 Å². The number of carbonyl (C=O) groups is 2. The van der Waals surface area contributed by atoms with E-state index in [9.17, 15) is 14.9 Å². The Morgan fingerprint density at radius 3 is 2.45 bits per heavy atom. The van der Waals surface area contributed by atoms with Crippen molar-refractivity contribution in [3.05, 3.63) is 81.2 Å². The van der Waals surface area contributed by atoms with Gasteiger partial charge in [-0.15, -0.1) is 11.3 Å². The lowest BCUT2D eigenvalue weighted by Gasteiger charge is -2.12. The molecular weight excluding hydrogens is 500 g/mol. The number of esters is 1. The lowest BCUT2D eigenvalue weighted by molar-refractivity contribution is -0.112. The van der Waals surface area contributed by atoms with Crippen molar-refractivity contribution >= 4 is 34.3 Å². The number of nitrogens with zero attached hydrogens (tertiary/aromatic N) is 1. The van der Waals surface area contributed by atoms with Gasteiger partial charge in [-0.25, -0.2) is 4.79 Å². The molecule has 38 heavy (non-hydrogen) atoms. The summed E-state index contributed by atoms with van der Waals surface area (Å²) in [5.74, 6) is 0.400. The van der Waals surface area contributed by atoms with E-state index in [0.717, 1.165) is 22.6 Å². The molecule has 0 saturated heterocycles. The van der Waals surface area contributed by atoms with E-state index in [1.165, 1.54) is 23.0 Å². The first-order valence-corrected chi connectivity index (χ1v) is 13.2. The summed E-state index contributed by atoms with van der Waals surface area (Å²) in [5.41, 5.74) is 2.80. The highest BCUT2D eigenvalue weighted by Gasteiger charge is 2.21. The summed E-state index contributed by atoms with van der Waals surface area (Å²) in [6, 6.07) is 16.9. The lowest BCUT2D eigenvalue weighted by atomic mass is 10.1. The van der Waals surface area contributed by atoms with E-state index in [4.69, 9.17) is 14.2 Å². The monoisotopic (exact) mass is 532 g/mol. The van der Waals surface area contributed by atoms with Crippen molar-refractivity contribution < 1.29 is 23.8 Å². The molecule has 3 rings (SSSR count). The number of rotatable bonds is 11. The summed E-state index contributed by atoms with van der Waals surface area (Å²) in [7, 11) is 1.58. The predicted molar refractivity (Wildman–Crippen MR) is 150 cm³/mol. The summed E-state index contributed by atoms with van der Waals surface area (Å²) in [5, 5.41) is 12.8. The first-order chi connectivity index (χ1) is 18.3. The lowest BCUT2D eigenvalue weighted by Crippen LogP contribution is -2.15. The number of methoxy groups -OCH3 is 1. The van der Waals surface area contributed by atoms with E-state index in [1.54, 1.807) is 32.2 Å². The number of aryl methyl sites for hydroxylation is 1. The van der Waals surface area contributed by atoms with Crippen LogP contribution in [0.2, 0.25) is 0 Å². The second-order valence-electron chi connectivity index (χ2n) is 8.75. The molecule has 3 aromatic rings. The third kappa shape index (κ3) is 7.24. The quantitative estimate of drug-likeness (QED) is 0.167. The molecule has 1 N–H and O–H groups in total. The van der Waals surface area contributed by atoms with Crippen molar-refractivity contribution in [2.75, 3.05) is 19.0 Å². The van der Waals surface area contributed by atoms with Gasteiger partial charge in [0.05, 0.1) is 19.3 Å². The molecule has 8 heteroatoms. The summed E-state index contributed by atoms with van der Waals surface area (Å²) in [6.45, 7) is 8.28. The Labute approximate surface area is 227 Å². The molecule has 0 fully saturated rings. The summed E-state index contributed by atoms with van der Waals surface area (Å²) < 4.78 is 16.5. The highest BCUT2D eigenvalue weighted by atomic mass is 32.1. The summed E-state index contributed by atoms with van der Waals surface area (Å²) >= 11 is 1.30. The van der Waals surface area contributed by atoms with E-state index in [-0.39, 0.29) is 30.3 Å². The second-order valence-corrected chi connectivity index (χ2v) is 9.83. The van der Waals surface area contributed by atoms with E-state index in [1.807, 2.05) is 50.2 Å². The molecule has 0 aliphatic rings. The molecule has 0 aliphatic heterocycles. The van der Waals surface area contributed by atoms with Gasteiger partial charge in [0.1, 0.15) is 34.7 Å². The fourth-order valence-electron chi connectivity index (χ4n) is 3.62. The topological polar surface area (TPSA) is 97.7 Å². The molecule has 1 heterocycles. The molecule has 1 aromatic heterocycles. The van der Waals surface area contributed by atoms with Crippen LogP contribution < -0.4 is 14.8 Å². The van der Waals surface area contributed by atoms with Crippen LogP contribution in [0.3, 0.4) is 0 Å². The van der Waals surface area contributed by atoms with E-state index in [2.05, 4.69) is 12.2 Å². The van der Waals surface area contributed by atoms with Gasteiger partial charge >= 0.3 is 5.97 Å². The molecule has 2 aromatic carbocycles. The Kier molecular flexibility index (Phi) is 10.1. The zero-order chi connectivity index (χ0) is 27.7. The van der Waals surface area contributed by atoms with Crippen LogP contribution >= 0.6 is 11.3 Å². The predicted octanol–water partition coefficient (Wildman–Crippen LogP) is 6.74. The van der Waals surface area contributed by atoms with E-state index in [0.29, 0.717) is 16.3 Å². The zero-order valence-corrected chi connectivity index (χ0v) is 23.1. The van der Waals surface area contributed by atoms with Gasteiger partial charge in [0.15, 0.2) is 0 Å². The highest BCUT2D eigenvalue weighted by molar-refractivity contribution is 7.16. The van der Waals surface area contributed by atoms with E-state index < -0.39 is 11.9 Å². The van der Waals surface area contributed by atoms with E-state index >= 15 is 0 Å². The fourth-order valence-corrected chi connectivity index (χ4v) is 4.66. The van der Waals surface area contributed by atoms with Gasteiger partial charge in [-0.1, -0.05) is 39.0 Å². The van der Waals surface area contributed by atoms with Crippen LogP contribution in [-0.4, -0.2) is 25.6 Å². The van der Waals surface area contributed by atoms with Gasteiger partial charge in [-0.05, 0) is 66.8 Å². The largest absolute Gasteiger partial charge is 0.496 e. The first-order valence-electron chi connectivity index (χ1n) is 12.4. The molecule has 0 bridgehead atoms. The number of amides is 1. The number of hydrogen-bond donors (Lipinski definition) is 1. The number of benzene rings is 2. The molecule has 0 saturated carbocycles. The van der Waals surface area contributed by atoms with Crippen LogP contribution in [0.5, 0.6) is 11.5 Å². The van der Waals surface area contributed by atoms with Crippen LogP contribution in [0.25, 0.3) is 6.08 Å². The fraction of sp³-hybridized carbons (Fsp3) is 0.300. The standard InChI is InChI=1S/C30H32N2O5S/c1-6-20-8-11-24(12-9-20)37-18-23-15-21(10-13-26(23)35-5)14-22(17-31)28(33)32-29-25(30(34)36-7-2)16-27(38-29)19(3)4/h8-16,19H,6-7,18H2,1-5H3,(H,32,33)/b22-14+. The average Bonchev–Trinajstić information content (AvgIpc) is 3.35. The third-order valence-electron chi connectivity index (χ3n) is 5.75. The van der Waals surface area contributed by atoms with Crippen molar-refractivity contribution in [3.8, 4) is 17.6 Å². The van der Waals surface area contributed by atoms with Crippen molar-refractivity contribution in [2.24, 2.45) is 0 Å². The summed E-state index contributed by atoms with van der Waals surface area (Å²) in [6.07, 6.45) is 2.45. The van der Waals surface area contributed by atoms with Crippen molar-refractivity contribution in [1.82, 2.24) is 0 Å². The van der Waals surface area contributed by atoms with Crippen molar-refractivity contribution in [3.63, 3.8) is 0 Å². The maximum Gasteiger partial charge on any atom is 0.341 e. The molecule has 198 valence electrons. The van der Waals surface area contributed by atoms with Crippen molar-refractivity contribution in [2.45, 2.75) is 46.6 Å². The molecule has 7 nitrogen and oxygen atoms in total. The molecule has 0 unspecified atom stereocenters. The van der Waals surface area contributed by atoms with Crippen LogP contribution in [-0.2, 0) is 22.6 Å². The Hall–Kier alpha value is -4.09. The Balaban J connectivity index is 1.83. The minimum absolute atomic E-state index is 0.105. The SMILES string of the molecule is CCOC(=O)c1cc(C(C)C)sc1NC(=O)/C(C#N)=C/c1ccc(OC)c(COc2ccc(CC)cc2)c1. The third-order valence-corrected chi connectivity index (χ3v) is 7.10. The summed E-state index contributed by atoms with van der Waals surface area (Å²) in [4.78, 5) is 26.4. The van der Waals surface area contributed by atoms with Gasteiger partial charge in [0, 0.05) is 10.4 Å². The average molecular weight is 533 g/mol. The van der Waals surface area contributed by atoms with Gasteiger partial charge in [0.2, 0.25) is 0 Å². The number of anilines is 1. The Bertz CT molecular complexity index is 1350. The maximum absolute atomic E-state index is 13.0. The molecule has 0 atom stereocenters. The maximum atomic E-state index is 13.0. The van der Waals surface area contributed by atoms with Gasteiger partial charge in [-0.2, -0.15) is 5.26 Å². The number of ether oxygens (including phenoxy) is 3. The number of carbonyl (C=O) groups excluding carboxylic acids is 2. The van der Waals surface area contributed by atoms with Crippen LogP contribution in [0, 0.1) is 11.3 Å². The molecular formula is C30H32N2O5S.